The number of cyclic esters (lactones) is 1. The lowest BCUT2D eigenvalue weighted by molar-refractivity contribution is -0.129. The molecule has 3 nitrogen and oxygen atoms in total. The summed E-state index contributed by atoms with van der Waals surface area (Å²) in [6.45, 7) is 1.96. The lowest BCUT2D eigenvalue weighted by Gasteiger charge is -2.06. The van der Waals surface area contributed by atoms with E-state index in [1.165, 1.54) is 6.08 Å². The Morgan fingerprint density at radius 1 is 1.20 bits per heavy atom. The van der Waals surface area contributed by atoms with Crippen molar-refractivity contribution in [1.29, 1.82) is 0 Å². The topological polar surface area (TPSA) is 38.7 Å². The van der Waals surface area contributed by atoms with Crippen LogP contribution in [0.15, 0.2) is 47.5 Å². The second-order valence-corrected chi connectivity index (χ2v) is 3.31. The average molecular weight is 201 g/mol. The van der Waals surface area contributed by atoms with Gasteiger partial charge in [0.25, 0.3) is 0 Å². The predicted octanol–water partition coefficient (Wildman–Crippen LogP) is 2.26. The molecule has 1 aliphatic heterocycles. The quantitative estimate of drug-likeness (QED) is 0.688. The van der Waals surface area contributed by atoms with Crippen LogP contribution in [0.2, 0.25) is 0 Å². The average Bonchev–Trinajstić information content (AvgIpc) is 2.65. The molecule has 0 saturated carbocycles. The highest BCUT2D eigenvalue weighted by Gasteiger charge is 2.12. The van der Waals surface area contributed by atoms with Gasteiger partial charge in [0.05, 0.1) is 6.04 Å². The van der Waals surface area contributed by atoms with E-state index in [4.69, 9.17) is 4.74 Å². The van der Waals surface area contributed by atoms with Gasteiger partial charge in [-0.1, -0.05) is 30.3 Å². The Labute approximate surface area is 88.1 Å². The lowest BCUT2D eigenvalue weighted by Crippen LogP contribution is -2.01. The van der Waals surface area contributed by atoms with Crippen LogP contribution in [-0.4, -0.2) is 11.9 Å². The number of benzene rings is 1. The molecular weight excluding hydrogens is 190 g/mol. The molecule has 3 heteroatoms. The van der Waals surface area contributed by atoms with Gasteiger partial charge in [-0.15, -0.1) is 0 Å². The maximum atomic E-state index is 10.8. The Kier molecular flexibility index (Phi) is 2.63. The van der Waals surface area contributed by atoms with E-state index in [2.05, 4.69) is 4.99 Å². The van der Waals surface area contributed by atoms with E-state index in [1.807, 2.05) is 37.3 Å². The van der Waals surface area contributed by atoms with Crippen LogP contribution in [0.25, 0.3) is 0 Å². The van der Waals surface area contributed by atoms with Crippen molar-refractivity contribution in [2.24, 2.45) is 4.99 Å². The first kappa shape index (κ1) is 9.65. The number of aliphatic imine (C=N–C) groups is 1. The highest BCUT2D eigenvalue weighted by Crippen LogP contribution is 2.17. The third kappa shape index (κ3) is 2.31. The number of esters is 1. The summed E-state index contributed by atoms with van der Waals surface area (Å²) >= 11 is 0. The van der Waals surface area contributed by atoms with Crippen LogP contribution in [-0.2, 0) is 9.53 Å². The number of hydrogen-bond donors (Lipinski definition) is 0. The molecule has 15 heavy (non-hydrogen) atoms. The third-order valence-electron chi connectivity index (χ3n) is 2.17. The van der Waals surface area contributed by atoms with Crippen LogP contribution in [0.4, 0.5) is 0 Å². The third-order valence-corrected chi connectivity index (χ3v) is 2.17. The molecule has 1 heterocycles. The van der Waals surface area contributed by atoms with E-state index in [0.29, 0.717) is 5.90 Å². The number of rotatable bonds is 2. The van der Waals surface area contributed by atoms with Crippen molar-refractivity contribution >= 4 is 11.9 Å². The number of hydrogen-bond acceptors (Lipinski definition) is 3. The van der Waals surface area contributed by atoms with Crippen molar-refractivity contribution < 1.29 is 9.53 Å². The molecule has 0 fully saturated rings. The van der Waals surface area contributed by atoms with Crippen LogP contribution in [0.3, 0.4) is 0 Å². The summed E-state index contributed by atoms with van der Waals surface area (Å²) in [5, 5.41) is 0. The smallest absolute Gasteiger partial charge is 0.337 e. The molecule has 0 aromatic heterocycles. The van der Waals surface area contributed by atoms with Crippen LogP contribution in [0, 0.1) is 0 Å². The van der Waals surface area contributed by atoms with Crippen LogP contribution >= 0.6 is 0 Å². The highest BCUT2D eigenvalue weighted by atomic mass is 16.5. The first-order valence-corrected chi connectivity index (χ1v) is 4.78. The van der Waals surface area contributed by atoms with Gasteiger partial charge in [-0.2, -0.15) is 0 Å². The predicted molar refractivity (Wildman–Crippen MR) is 57.5 cm³/mol. The van der Waals surface area contributed by atoms with Crippen molar-refractivity contribution in [1.82, 2.24) is 0 Å². The molecule has 1 aromatic carbocycles. The van der Waals surface area contributed by atoms with Crippen molar-refractivity contribution in [2.75, 3.05) is 0 Å². The fourth-order valence-corrected chi connectivity index (χ4v) is 1.38. The first-order valence-electron chi connectivity index (χ1n) is 4.78. The normalized spacial score (nSPS) is 19.3. The van der Waals surface area contributed by atoms with E-state index >= 15 is 0 Å². The van der Waals surface area contributed by atoms with E-state index < -0.39 is 0 Å². The summed E-state index contributed by atoms with van der Waals surface area (Å²) in [5.41, 5.74) is 1.10. The molecule has 0 spiro atoms. The van der Waals surface area contributed by atoms with Crippen molar-refractivity contribution in [3.05, 3.63) is 48.0 Å². The summed E-state index contributed by atoms with van der Waals surface area (Å²) in [6, 6.07) is 9.87. The van der Waals surface area contributed by atoms with Crippen LogP contribution in [0.1, 0.15) is 18.5 Å². The largest absolute Gasteiger partial charge is 0.405 e. The minimum Gasteiger partial charge on any atom is -0.405 e. The van der Waals surface area contributed by atoms with Gasteiger partial charge in [0.1, 0.15) is 0 Å². The Bertz CT molecular complexity index is 421. The van der Waals surface area contributed by atoms with E-state index in [-0.39, 0.29) is 12.0 Å². The molecule has 1 atom stereocenters. The summed E-state index contributed by atoms with van der Waals surface area (Å²) in [7, 11) is 0. The van der Waals surface area contributed by atoms with Gasteiger partial charge in [-0.3, -0.25) is 0 Å². The van der Waals surface area contributed by atoms with Crippen LogP contribution in [0.5, 0.6) is 0 Å². The second-order valence-electron chi connectivity index (χ2n) is 3.31. The fraction of sp³-hybridized carbons (Fsp3) is 0.167. The molecule has 0 unspecified atom stereocenters. The molecule has 2 rings (SSSR count). The molecule has 1 aliphatic rings. The zero-order chi connectivity index (χ0) is 10.7. The van der Waals surface area contributed by atoms with Gasteiger partial charge < -0.3 is 4.74 Å². The fourth-order valence-electron chi connectivity index (χ4n) is 1.38. The molecule has 0 bridgehead atoms. The SMILES string of the molecule is C[C@@H](N=C1C=CC(=O)O1)c1ccccc1. The zero-order valence-electron chi connectivity index (χ0n) is 8.38. The van der Waals surface area contributed by atoms with Gasteiger partial charge in [-0.25, -0.2) is 9.79 Å². The number of carbonyl (C=O) groups excluding carboxylic acids is 1. The molecule has 76 valence electrons. The minimum atomic E-state index is -0.353. The molecule has 0 aliphatic carbocycles. The van der Waals surface area contributed by atoms with E-state index in [9.17, 15) is 4.79 Å². The summed E-state index contributed by atoms with van der Waals surface area (Å²) < 4.78 is 4.85. The highest BCUT2D eigenvalue weighted by molar-refractivity contribution is 6.07. The van der Waals surface area contributed by atoms with Crippen LogP contribution < -0.4 is 0 Å². The maximum absolute atomic E-state index is 10.8. The van der Waals surface area contributed by atoms with Crippen molar-refractivity contribution in [3.8, 4) is 0 Å². The second kappa shape index (κ2) is 4.09. The van der Waals surface area contributed by atoms with Crippen molar-refractivity contribution in [3.63, 3.8) is 0 Å². The summed E-state index contributed by atoms with van der Waals surface area (Å²) in [4.78, 5) is 15.1. The first-order chi connectivity index (χ1) is 7.25. The Morgan fingerprint density at radius 2 is 1.93 bits per heavy atom. The number of carbonyl (C=O) groups is 1. The van der Waals surface area contributed by atoms with Gasteiger partial charge in [-0.05, 0) is 12.5 Å². The molecular formula is C12H11NO2. The monoisotopic (exact) mass is 201 g/mol. The Balaban J connectivity index is 2.14. The van der Waals surface area contributed by atoms with E-state index in [1.54, 1.807) is 6.08 Å². The van der Waals surface area contributed by atoms with Crippen molar-refractivity contribution in [2.45, 2.75) is 13.0 Å². The summed E-state index contributed by atoms with van der Waals surface area (Å²) in [5.74, 6) is 0.0327. The molecule has 0 N–H and O–H groups in total. The van der Waals surface area contributed by atoms with Gasteiger partial charge in [0.2, 0.25) is 5.90 Å². The lowest BCUT2D eigenvalue weighted by atomic mass is 10.1. The van der Waals surface area contributed by atoms with Gasteiger partial charge >= 0.3 is 5.97 Å². The van der Waals surface area contributed by atoms with Gasteiger partial charge in [0, 0.05) is 12.2 Å². The minimum absolute atomic E-state index is 0.00301. The zero-order valence-corrected chi connectivity index (χ0v) is 8.38. The number of ether oxygens (including phenoxy) is 1. The Morgan fingerprint density at radius 3 is 2.53 bits per heavy atom. The molecule has 0 radical (unpaired) electrons. The number of nitrogens with zero attached hydrogens (tertiary/aromatic N) is 1. The standard InChI is InChI=1S/C12H11NO2/c1-9(10-5-3-2-4-6-10)13-11-7-8-12(14)15-11/h2-9H,1H3/t9-/m1/s1. The molecule has 0 amide bonds. The maximum Gasteiger partial charge on any atom is 0.337 e. The summed E-state index contributed by atoms with van der Waals surface area (Å²) in [6.07, 6.45) is 2.96. The van der Waals surface area contributed by atoms with Gasteiger partial charge in [0.15, 0.2) is 0 Å². The Hall–Kier alpha value is -1.90. The molecule has 0 saturated heterocycles. The van der Waals surface area contributed by atoms with E-state index in [0.717, 1.165) is 5.56 Å². The molecule has 1 aromatic rings.